The topological polar surface area (TPSA) is 78.9 Å². The summed E-state index contributed by atoms with van der Waals surface area (Å²) in [6, 6.07) is 6.56. The summed E-state index contributed by atoms with van der Waals surface area (Å²) >= 11 is 0. The van der Waals surface area contributed by atoms with Crippen LogP contribution >= 0.6 is 0 Å². The van der Waals surface area contributed by atoms with Gasteiger partial charge in [0, 0.05) is 32.5 Å². The van der Waals surface area contributed by atoms with Crippen molar-refractivity contribution < 1.29 is 28.2 Å². The second-order valence-electron chi connectivity index (χ2n) is 5.65. The number of benzene rings is 1. The van der Waals surface area contributed by atoms with Gasteiger partial charge in [0.15, 0.2) is 6.61 Å². The summed E-state index contributed by atoms with van der Waals surface area (Å²) in [4.78, 5) is 23.7. The van der Waals surface area contributed by atoms with Gasteiger partial charge in [-0.25, -0.2) is 18.4 Å². The normalized spacial score (nSPS) is 16.5. The number of amides is 2. The Morgan fingerprint density at radius 3 is 2.42 bits per heavy atom. The predicted molar refractivity (Wildman–Crippen MR) is 82.4 cm³/mol. The Balaban J connectivity index is 1.70. The summed E-state index contributed by atoms with van der Waals surface area (Å²) in [6.07, 6.45) is -0.00853. The van der Waals surface area contributed by atoms with Crippen molar-refractivity contribution in [3.63, 3.8) is 0 Å². The second-order valence-corrected chi connectivity index (χ2v) is 5.65. The number of nitrogens with zero attached hydrogens (tertiary/aromatic N) is 1. The molecule has 0 spiro atoms. The number of nitrogens with one attached hydrogen (secondary N) is 1. The highest BCUT2D eigenvalue weighted by Crippen LogP contribution is 2.27. The molecular formula is C16H20F2N2O4. The minimum atomic E-state index is -2.67. The Bertz CT molecular complexity index is 568. The van der Waals surface area contributed by atoms with Gasteiger partial charge in [0.05, 0.1) is 0 Å². The summed E-state index contributed by atoms with van der Waals surface area (Å²) in [5, 5.41) is 11.2. The molecular weight excluding hydrogens is 322 g/mol. The summed E-state index contributed by atoms with van der Waals surface area (Å²) in [6.45, 7) is 0.119. The average Bonchev–Trinajstić information content (AvgIpc) is 2.54. The number of carbonyl (C=O) groups excluding carboxylic acids is 1. The first-order valence-corrected chi connectivity index (χ1v) is 7.70. The van der Waals surface area contributed by atoms with Crippen LogP contribution in [0.1, 0.15) is 18.4 Å². The van der Waals surface area contributed by atoms with Crippen LogP contribution in [0.5, 0.6) is 5.75 Å². The summed E-state index contributed by atoms with van der Waals surface area (Å²) < 4.78 is 31.1. The van der Waals surface area contributed by atoms with E-state index in [-0.39, 0.29) is 32.0 Å². The molecule has 0 saturated carbocycles. The molecule has 8 heteroatoms. The molecule has 2 amide bonds. The lowest BCUT2D eigenvalue weighted by atomic mass is 10.1. The smallest absolute Gasteiger partial charge is 0.341 e. The molecule has 2 rings (SSSR count). The number of hydrogen-bond acceptors (Lipinski definition) is 3. The van der Waals surface area contributed by atoms with Gasteiger partial charge in [-0.1, -0.05) is 12.1 Å². The number of halogens is 2. The number of urea groups is 1. The second kappa shape index (κ2) is 7.94. The van der Waals surface area contributed by atoms with E-state index in [0.29, 0.717) is 18.7 Å². The highest BCUT2D eigenvalue weighted by molar-refractivity contribution is 5.74. The quantitative estimate of drug-likeness (QED) is 0.830. The number of aliphatic carboxylic acids is 1. The van der Waals surface area contributed by atoms with E-state index in [9.17, 15) is 18.4 Å². The Kier molecular flexibility index (Phi) is 5.94. The molecule has 1 saturated heterocycles. The van der Waals surface area contributed by atoms with E-state index in [1.165, 1.54) is 4.90 Å². The molecule has 24 heavy (non-hydrogen) atoms. The van der Waals surface area contributed by atoms with Crippen LogP contribution in [-0.2, 0) is 11.2 Å². The third-order valence-electron chi connectivity index (χ3n) is 3.76. The first-order valence-electron chi connectivity index (χ1n) is 7.70. The van der Waals surface area contributed by atoms with Gasteiger partial charge >= 0.3 is 12.0 Å². The molecule has 1 aliphatic rings. The van der Waals surface area contributed by atoms with Gasteiger partial charge in [0.25, 0.3) is 5.92 Å². The van der Waals surface area contributed by atoms with Crippen molar-refractivity contribution in [1.82, 2.24) is 10.2 Å². The number of carbonyl (C=O) groups is 2. The van der Waals surface area contributed by atoms with Gasteiger partial charge in [0.1, 0.15) is 5.75 Å². The standard InChI is InChI=1S/C16H20F2N2O4/c17-16(18)6-9-20(10-7-16)15(23)19-8-5-12-1-3-13(4-2-12)24-11-14(21)22/h1-4H,5-11H2,(H,19,23)(H,21,22). The summed E-state index contributed by atoms with van der Waals surface area (Å²) in [7, 11) is 0. The highest BCUT2D eigenvalue weighted by Gasteiger charge is 2.35. The maximum atomic E-state index is 13.0. The maximum Gasteiger partial charge on any atom is 0.341 e. The molecule has 0 atom stereocenters. The number of hydrogen-bond donors (Lipinski definition) is 2. The van der Waals surface area contributed by atoms with Crippen molar-refractivity contribution in [2.75, 3.05) is 26.2 Å². The molecule has 1 heterocycles. The Morgan fingerprint density at radius 1 is 1.21 bits per heavy atom. The average molecular weight is 342 g/mol. The number of alkyl halides is 2. The zero-order valence-corrected chi connectivity index (χ0v) is 13.1. The van der Waals surface area contributed by atoms with Crippen LogP contribution in [-0.4, -0.2) is 54.2 Å². The molecule has 0 bridgehead atoms. The number of carboxylic acids is 1. The molecule has 2 N–H and O–H groups in total. The molecule has 1 aliphatic heterocycles. The SMILES string of the molecule is O=C(O)COc1ccc(CCNC(=O)N2CCC(F)(F)CC2)cc1. The van der Waals surface area contributed by atoms with E-state index in [1.54, 1.807) is 24.3 Å². The first-order chi connectivity index (χ1) is 11.4. The fourth-order valence-corrected chi connectivity index (χ4v) is 2.36. The maximum absolute atomic E-state index is 13.0. The molecule has 6 nitrogen and oxygen atoms in total. The molecule has 0 unspecified atom stereocenters. The van der Waals surface area contributed by atoms with Crippen LogP contribution in [0.25, 0.3) is 0 Å². The van der Waals surface area contributed by atoms with Crippen molar-refractivity contribution in [1.29, 1.82) is 0 Å². The zero-order chi connectivity index (χ0) is 17.6. The van der Waals surface area contributed by atoms with Crippen molar-refractivity contribution in [3.05, 3.63) is 29.8 Å². The third kappa shape index (κ3) is 5.68. The minimum Gasteiger partial charge on any atom is -0.482 e. The van der Waals surface area contributed by atoms with Crippen LogP contribution in [0, 0.1) is 0 Å². The fraction of sp³-hybridized carbons (Fsp3) is 0.500. The van der Waals surface area contributed by atoms with Crippen LogP contribution in [0.15, 0.2) is 24.3 Å². The number of likely N-dealkylation sites (tertiary alicyclic amines) is 1. The molecule has 132 valence electrons. The number of ether oxygens (including phenoxy) is 1. The Morgan fingerprint density at radius 2 is 1.83 bits per heavy atom. The number of piperidine rings is 1. The van der Waals surface area contributed by atoms with Gasteiger partial charge in [-0.15, -0.1) is 0 Å². The fourth-order valence-electron chi connectivity index (χ4n) is 2.36. The summed E-state index contributed by atoms with van der Waals surface area (Å²) in [5.74, 6) is -3.25. The van der Waals surface area contributed by atoms with E-state index < -0.39 is 18.5 Å². The Hall–Kier alpha value is -2.38. The van der Waals surface area contributed by atoms with Gasteiger partial charge in [-0.05, 0) is 24.1 Å². The van der Waals surface area contributed by atoms with Crippen molar-refractivity contribution in [3.8, 4) is 5.75 Å². The number of carboxylic acid groups (broad SMARTS) is 1. The molecule has 1 fully saturated rings. The lowest BCUT2D eigenvalue weighted by Crippen LogP contribution is -2.47. The summed E-state index contributed by atoms with van der Waals surface area (Å²) in [5.41, 5.74) is 0.947. The van der Waals surface area contributed by atoms with Crippen molar-refractivity contribution >= 4 is 12.0 Å². The largest absolute Gasteiger partial charge is 0.482 e. The van der Waals surface area contributed by atoms with Gasteiger partial charge in [-0.3, -0.25) is 0 Å². The van der Waals surface area contributed by atoms with Crippen LogP contribution in [0.2, 0.25) is 0 Å². The van der Waals surface area contributed by atoms with Crippen molar-refractivity contribution in [2.45, 2.75) is 25.2 Å². The lowest BCUT2D eigenvalue weighted by molar-refractivity contribution is -0.139. The molecule has 0 radical (unpaired) electrons. The van der Waals surface area contributed by atoms with E-state index in [2.05, 4.69) is 5.32 Å². The van der Waals surface area contributed by atoms with E-state index in [1.807, 2.05) is 0 Å². The highest BCUT2D eigenvalue weighted by atomic mass is 19.3. The molecule has 0 aromatic heterocycles. The molecule has 1 aromatic carbocycles. The third-order valence-corrected chi connectivity index (χ3v) is 3.76. The van der Waals surface area contributed by atoms with Gasteiger partial charge in [0.2, 0.25) is 0 Å². The molecule has 0 aliphatic carbocycles. The van der Waals surface area contributed by atoms with E-state index in [4.69, 9.17) is 9.84 Å². The van der Waals surface area contributed by atoms with Crippen LogP contribution in [0.3, 0.4) is 0 Å². The van der Waals surface area contributed by atoms with E-state index >= 15 is 0 Å². The first kappa shape index (κ1) is 18.0. The van der Waals surface area contributed by atoms with Crippen LogP contribution in [0.4, 0.5) is 13.6 Å². The molecule has 1 aromatic rings. The van der Waals surface area contributed by atoms with Crippen LogP contribution < -0.4 is 10.1 Å². The van der Waals surface area contributed by atoms with Gasteiger partial charge < -0.3 is 20.1 Å². The Labute approximate surface area is 138 Å². The van der Waals surface area contributed by atoms with Crippen molar-refractivity contribution in [2.24, 2.45) is 0 Å². The minimum absolute atomic E-state index is 0.0639. The number of rotatable bonds is 6. The van der Waals surface area contributed by atoms with Gasteiger partial charge in [-0.2, -0.15) is 0 Å². The zero-order valence-electron chi connectivity index (χ0n) is 13.1. The lowest BCUT2D eigenvalue weighted by Gasteiger charge is -2.31. The predicted octanol–water partition coefficient (Wildman–Crippen LogP) is 2.13. The monoisotopic (exact) mass is 342 g/mol. The van der Waals surface area contributed by atoms with E-state index in [0.717, 1.165) is 5.56 Å².